The molecule has 0 amide bonds. The van der Waals surface area contributed by atoms with Crippen LogP contribution < -0.4 is 5.73 Å². The molecule has 1 fully saturated rings. The van der Waals surface area contributed by atoms with E-state index in [1.165, 1.54) is 0 Å². The average molecular weight is 230 g/mol. The van der Waals surface area contributed by atoms with Crippen LogP contribution in [0.25, 0.3) is 0 Å². The summed E-state index contributed by atoms with van der Waals surface area (Å²) in [6.07, 6.45) is 0.989. The second kappa shape index (κ2) is 7.22. The molecular weight excluding hydrogens is 204 g/mol. The second-order valence-electron chi connectivity index (χ2n) is 4.53. The van der Waals surface area contributed by atoms with Crippen molar-refractivity contribution in [2.45, 2.75) is 39.5 Å². The van der Waals surface area contributed by atoms with Gasteiger partial charge in [0.05, 0.1) is 0 Å². The first kappa shape index (κ1) is 13.9. The third-order valence-electron chi connectivity index (χ3n) is 3.17. The van der Waals surface area contributed by atoms with E-state index in [0.29, 0.717) is 25.2 Å². The zero-order valence-electron chi connectivity index (χ0n) is 10.8. The van der Waals surface area contributed by atoms with Crippen molar-refractivity contribution in [3.05, 3.63) is 0 Å². The number of nitrogens with zero attached hydrogens (tertiary/aromatic N) is 1. The molecule has 0 bridgehead atoms. The van der Waals surface area contributed by atoms with Crippen molar-refractivity contribution >= 4 is 0 Å². The first-order chi connectivity index (χ1) is 7.67. The van der Waals surface area contributed by atoms with E-state index in [1.807, 2.05) is 13.8 Å². The van der Waals surface area contributed by atoms with Gasteiger partial charge >= 0.3 is 0 Å². The summed E-state index contributed by atoms with van der Waals surface area (Å²) in [6, 6.07) is 0.355. The highest BCUT2D eigenvalue weighted by Gasteiger charge is 2.25. The number of likely N-dealkylation sites (tertiary alicyclic amines) is 1. The Labute approximate surface area is 99.1 Å². The van der Waals surface area contributed by atoms with Gasteiger partial charge in [0.25, 0.3) is 0 Å². The minimum absolute atomic E-state index is 0.0866. The lowest BCUT2D eigenvalue weighted by Crippen LogP contribution is -2.48. The highest BCUT2D eigenvalue weighted by Crippen LogP contribution is 2.15. The van der Waals surface area contributed by atoms with E-state index in [0.717, 1.165) is 26.1 Å². The lowest BCUT2D eigenvalue weighted by Gasteiger charge is -2.36. The molecule has 16 heavy (non-hydrogen) atoms. The molecular formula is C12H26N2O2. The van der Waals surface area contributed by atoms with Crippen LogP contribution in [-0.4, -0.2) is 50.1 Å². The Hall–Kier alpha value is -0.160. The van der Waals surface area contributed by atoms with E-state index in [1.54, 1.807) is 0 Å². The quantitative estimate of drug-likeness (QED) is 0.693. The molecule has 0 aromatic rings. The summed E-state index contributed by atoms with van der Waals surface area (Å²) in [5.41, 5.74) is 6.00. The van der Waals surface area contributed by atoms with Crippen molar-refractivity contribution < 1.29 is 9.47 Å². The molecule has 1 heterocycles. The predicted molar refractivity (Wildman–Crippen MR) is 65.2 cm³/mol. The van der Waals surface area contributed by atoms with Gasteiger partial charge in [0, 0.05) is 32.3 Å². The predicted octanol–water partition coefficient (Wildman–Crippen LogP) is 1.05. The maximum absolute atomic E-state index is 6.00. The molecule has 0 saturated carbocycles. The Morgan fingerprint density at radius 3 is 2.44 bits per heavy atom. The molecule has 0 aromatic carbocycles. The maximum atomic E-state index is 6.00. The zero-order valence-corrected chi connectivity index (χ0v) is 10.8. The van der Waals surface area contributed by atoms with E-state index in [2.05, 4.69) is 11.8 Å². The third-order valence-corrected chi connectivity index (χ3v) is 3.17. The number of ether oxygens (including phenoxy) is 2. The minimum atomic E-state index is -0.0866. The van der Waals surface area contributed by atoms with Crippen LogP contribution in [-0.2, 0) is 9.47 Å². The van der Waals surface area contributed by atoms with E-state index in [9.17, 15) is 0 Å². The van der Waals surface area contributed by atoms with Crippen LogP contribution in [0.4, 0.5) is 0 Å². The number of piperidine rings is 1. The van der Waals surface area contributed by atoms with Gasteiger partial charge in [-0.05, 0) is 32.7 Å². The number of hydrogen-bond donors (Lipinski definition) is 1. The first-order valence-corrected chi connectivity index (χ1v) is 6.38. The lowest BCUT2D eigenvalue weighted by molar-refractivity contribution is -0.149. The van der Waals surface area contributed by atoms with Crippen molar-refractivity contribution in [3.63, 3.8) is 0 Å². The van der Waals surface area contributed by atoms with E-state index in [-0.39, 0.29) is 6.29 Å². The van der Waals surface area contributed by atoms with Crippen LogP contribution in [0, 0.1) is 5.92 Å². The molecule has 0 spiro atoms. The van der Waals surface area contributed by atoms with Gasteiger partial charge in [0.1, 0.15) is 0 Å². The first-order valence-electron chi connectivity index (χ1n) is 6.38. The van der Waals surface area contributed by atoms with Crippen molar-refractivity contribution in [1.29, 1.82) is 0 Å². The van der Waals surface area contributed by atoms with Gasteiger partial charge < -0.3 is 15.2 Å². The average Bonchev–Trinajstić information content (AvgIpc) is 2.24. The van der Waals surface area contributed by atoms with Crippen molar-refractivity contribution in [3.8, 4) is 0 Å². The molecule has 1 aliphatic rings. The normalized spacial score (nSPS) is 27.6. The van der Waals surface area contributed by atoms with Gasteiger partial charge in [-0.15, -0.1) is 0 Å². The summed E-state index contributed by atoms with van der Waals surface area (Å²) in [4.78, 5) is 2.39. The molecule has 96 valence electrons. The van der Waals surface area contributed by atoms with Gasteiger partial charge in [-0.1, -0.05) is 6.92 Å². The summed E-state index contributed by atoms with van der Waals surface area (Å²) in [6.45, 7) is 10.6. The van der Waals surface area contributed by atoms with Crippen molar-refractivity contribution in [1.82, 2.24) is 4.90 Å². The van der Waals surface area contributed by atoms with E-state index >= 15 is 0 Å². The fraction of sp³-hybridized carbons (Fsp3) is 1.00. The minimum Gasteiger partial charge on any atom is -0.352 e. The third kappa shape index (κ3) is 4.37. The van der Waals surface area contributed by atoms with Crippen LogP contribution in [0.2, 0.25) is 0 Å². The Morgan fingerprint density at radius 2 is 1.94 bits per heavy atom. The molecule has 1 aliphatic heterocycles. The molecule has 0 radical (unpaired) electrons. The van der Waals surface area contributed by atoms with Crippen LogP contribution in [0.3, 0.4) is 0 Å². The topological polar surface area (TPSA) is 47.7 Å². The molecule has 2 N–H and O–H groups in total. The number of rotatable bonds is 6. The zero-order chi connectivity index (χ0) is 12.0. The molecule has 0 aliphatic carbocycles. The maximum Gasteiger partial charge on any atom is 0.170 e. The number of hydrogen-bond acceptors (Lipinski definition) is 4. The Balaban J connectivity index is 2.33. The molecule has 0 aromatic heterocycles. The number of nitrogens with two attached hydrogens (primary N) is 1. The summed E-state index contributed by atoms with van der Waals surface area (Å²) >= 11 is 0. The van der Waals surface area contributed by atoms with Gasteiger partial charge in [0.15, 0.2) is 6.29 Å². The van der Waals surface area contributed by atoms with Crippen molar-refractivity contribution in [2.75, 3.05) is 32.8 Å². The van der Waals surface area contributed by atoms with E-state index in [4.69, 9.17) is 15.2 Å². The van der Waals surface area contributed by atoms with Crippen molar-refractivity contribution in [2.24, 2.45) is 11.7 Å². The summed E-state index contributed by atoms with van der Waals surface area (Å²) < 4.78 is 11.1. The van der Waals surface area contributed by atoms with Gasteiger partial charge in [-0.2, -0.15) is 0 Å². The molecule has 2 atom stereocenters. The van der Waals surface area contributed by atoms with Crippen LogP contribution in [0.1, 0.15) is 27.2 Å². The molecule has 4 heteroatoms. The summed E-state index contributed by atoms with van der Waals surface area (Å²) in [7, 11) is 0. The Bertz CT molecular complexity index is 184. The fourth-order valence-corrected chi connectivity index (χ4v) is 2.15. The van der Waals surface area contributed by atoms with Gasteiger partial charge in [-0.25, -0.2) is 0 Å². The molecule has 1 saturated heterocycles. The Kier molecular flexibility index (Phi) is 6.28. The van der Waals surface area contributed by atoms with Crippen LogP contribution in [0.5, 0.6) is 0 Å². The van der Waals surface area contributed by atoms with Crippen LogP contribution >= 0.6 is 0 Å². The van der Waals surface area contributed by atoms with Gasteiger partial charge in [0.2, 0.25) is 0 Å². The highest BCUT2D eigenvalue weighted by atomic mass is 16.7. The second-order valence-corrected chi connectivity index (χ2v) is 4.53. The lowest BCUT2D eigenvalue weighted by atomic mass is 9.95. The summed E-state index contributed by atoms with van der Waals surface area (Å²) in [5.74, 6) is 0.567. The standard InChI is InChI=1S/C12H26N2O2/c1-4-15-12(16-5-2)9-14-7-6-11(13)10(3)8-14/h10-12H,4-9,13H2,1-3H3. The van der Waals surface area contributed by atoms with E-state index < -0.39 is 0 Å². The summed E-state index contributed by atoms with van der Waals surface area (Å²) in [5, 5.41) is 0. The SMILES string of the molecule is CCOC(CN1CCC(N)C(C)C1)OCC. The Morgan fingerprint density at radius 1 is 1.31 bits per heavy atom. The molecule has 2 unspecified atom stereocenters. The fourth-order valence-electron chi connectivity index (χ4n) is 2.15. The monoisotopic (exact) mass is 230 g/mol. The molecule has 4 nitrogen and oxygen atoms in total. The van der Waals surface area contributed by atoms with Crippen LogP contribution in [0.15, 0.2) is 0 Å². The largest absolute Gasteiger partial charge is 0.352 e. The molecule has 1 rings (SSSR count). The smallest absolute Gasteiger partial charge is 0.170 e. The highest BCUT2D eigenvalue weighted by molar-refractivity contribution is 4.80. The van der Waals surface area contributed by atoms with Gasteiger partial charge in [-0.3, -0.25) is 4.90 Å².